The number of benzene rings is 1. The van der Waals surface area contributed by atoms with Crippen LogP contribution in [0, 0.1) is 0 Å². The lowest BCUT2D eigenvalue weighted by atomic mass is 9.99. The lowest BCUT2D eigenvalue weighted by Gasteiger charge is -2.23. The van der Waals surface area contributed by atoms with E-state index in [4.69, 9.17) is 0 Å². The average molecular weight is 221 g/mol. The monoisotopic (exact) mass is 221 g/mol. The number of rotatable bonds is 2. The Hall–Kier alpha value is -1.51. The number of para-hydroxylation sites is 1. The summed E-state index contributed by atoms with van der Waals surface area (Å²) >= 11 is 0. The quantitative estimate of drug-likeness (QED) is 0.780. The van der Waals surface area contributed by atoms with Gasteiger partial charge < -0.3 is 10.1 Å². The molecule has 0 saturated carbocycles. The molecule has 0 saturated heterocycles. The Bertz CT molecular complexity index is 325. The highest BCUT2D eigenvalue weighted by atomic mass is 16.5. The van der Waals surface area contributed by atoms with Gasteiger partial charge in [0.1, 0.15) is 0 Å². The number of carbonyl (C=O) groups is 1. The van der Waals surface area contributed by atoms with Crippen LogP contribution in [0.2, 0.25) is 0 Å². The van der Waals surface area contributed by atoms with Crippen LogP contribution in [0.25, 0.3) is 0 Å². The zero-order chi connectivity index (χ0) is 11.8. The first-order chi connectivity index (χ1) is 7.77. The van der Waals surface area contributed by atoms with Crippen molar-refractivity contribution in [1.82, 2.24) is 0 Å². The lowest BCUT2D eigenvalue weighted by Crippen LogP contribution is -2.21. The zero-order valence-electron chi connectivity index (χ0n) is 9.90. The minimum absolute atomic E-state index is 0.431. The molecule has 1 aromatic carbocycles. The molecule has 0 spiro atoms. The maximum atomic E-state index is 9.18. The Labute approximate surface area is 96.8 Å². The van der Waals surface area contributed by atoms with Gasteiger partial charge in [0.2, 0.25) is 0 Å². The molecule has 1 atom stereocenters. The first-order valence-corrected chi connectivity index (χ1v) is 5.67. The van der Waals surface area contributed by atoms with E-state index in [1.807, 2.05) is 0 Å². The summed E-state index contributed by atoms with van der Waals surface area (Å²) in [5.74, 6) is 0. The Balaban J connectivity index is 0.000000221. The average Bonchev–Trinajstić information content (AvgIpc) is 2.31. The van der Waals surface area contributed by atoms with E-state index in [1.165, 1.54) is 24.1 Å². The van der Waals surface area contributed by atoms with E-state index in [2.05, 4.69) is 41.2 Å². The van der Waals surface area contributed by atoms with Crippen LogP contribution in [0.15, 0.2) is 24.3 Å². The maximum Gasteiger partial charge on any atom is 0.293 e. The van der Waals surface area contributed by atoms with Crippen molar-refractivity contribution in [3.63, 3.8) is 0 Å². The van der Waals surface area contributed by atoms with Crippen LogP contribution in [0.1, 0.15) is 25.8 Å². The number of carbonyl (C=O) groups excluding carboxylic acids is 1. The second-order valence-corrected chi connectivity index (χ2v) is 3.79. The van der Waals surface area contributed by atoms with Gasteiger partial charge in [-0.15, -0.1) is 0 Å². The van der Waals surface area contributed by atoms with Gasteiger partial charge in [0.05, 0.1) is 6.61 Å². The van der Waals surface area contributed by atoms with Crippen molar-refractivity contribution < 1.29 is 9.53 Å². The smallest absolute Gasteiger partial charge is 0.293 e. The number of aryl methyl sites for hydroxylation is 1. The summed E-state index contributed by atoms with van der Waals surface area (Å²) in [5, 5.41) is 3.46. The van der Waals surface area contributed by atoms with Gasteiger partial charge in [-0.3, -0.25) is 4.79 Å². The van der Waals surface area contributed by atoms with Gasteiger partial charge in [0.15, 0.2) is 0 Å². The molecule has 1 aliphatic rings. The van der Waals surface area contributed by atoms with Crippen LogP contribution in [0.5, 0.6) is 0 Å². The van der Waals surface area contributed by atoms with Crippen LogP contribution < -0.4 is 5.32 Å². The van der Waals surface area contributed by atoms with Crippen molar-refractivity contribution in [1.29, 1.82) is 0 Å². The third-order valence-corrected chi connectivity index (χ3v) is 2.50. The zero-order valence-corrected chi connectivity index (χ0v) is 9.90. The van der Waals surface area contributed by atoms with E-state index < -0.39 is 0 Å². The van der Waals surface area contributed by atoms with Crippen LogP contribution in [-0.4, -0.2) is 19.1 Å². The molecule has 1 heterocycles. The lowest BCUT2D eigenvalue weighted by molar-refractivity contribution is -0.128. The standard InChI is InChI=1S/C10H13N.C3H6O2/c1-8-6-7-9-4-2-3-5-10(9)11-8;1-2-5-3-4/h2-5,8,11H,6-7H2,1H3;3H,2H2,1H3. The number of nitrogens with one attached hydrogen (secondary N) is 1. The first-order valence-electron chi connectivity index (χ1n) is 5.67. The molecule has 1 unspecified atom stereocenters. The summed E-state index contributed by atoms with van der Waals surface area (Å²) in [7, 11) is 0. The highest BCUT2D eigenvalue weighted by Gasteiger charge is 2.11. The summed E-state index contributed by atoms with van der Waals surface area (Å²) in [6, 6.07) is 9.20. The van der Waals surface area contributed by atoms with Crippen molar-refractivity contribution >= 4 is 12.2 Å². The van der Waals surface area contributed by atoms with Gasteiger partial charge in [-0.1, -0.05) is 18.2 Å². The second-order valence-electron chi connectivity index (χ2n) is 3.79. The molecule has 3 nitrogen and oxygen atoms in total. The molecule has 0 aliphatic carbocycles. The largest absolute Gasteiger partial charge is 0.468 e. The molecule has 1 N–H and O–H groups in total. The molecule has 16 heavy (non-hydrogen) atoms. The van der Waals surface area contributed by atoms with Gasteiger partial charge >= 0.3 is 0 Å². The predicted molar refractivity (Wildman–Crippen MR) is 65.5 cm³/mol. The third kappa shape index (κ3) is 3.93. The van der Waals surface area contributed by atoms with Gasteiger partial charge in [-0.25, -0.2) is 0 Å². The fraction of sp³-hybridized carbons (Fsp3) is 0.462. The molecule has 0 aromatic heterocycles. The first kappa shape index (κ1) is 12.6. The maximum absolute atomic E-state index is 9.18. The number of fused-ring (bicyclic) bond motifs is 1. The Morgan fingerprint density at radius 2 is 2.25 bits per heavy atom. The van der Waals surface area contributed by atoms with Gasteiger partial charge in [0, 0.05) is 11.7 Å². The van der Waals surface area contributed by atoms with E-state index in [1.54, 1.807) is 6.92 Å². The fourth-order valence-corrected chi connectivity index (χ4v) is 1.66. The number of anilines is 1. The van der Waals surface area contributed by atoms with Crippen molar-refractivity contribution in [2.75, 3.05) is 11.9 Å². The van der Waals surface area contributed by atoms with E-state index in [0.717, 1.165) is 0 Å². The van der Waals surface area contributed by atoms with E-state index in [9.17, 15) is 4.79 Å². The van der Waals surface area contributed by atoms with Crippen LogP contribution in [0.4, 0.5) is 5.69 Å². The molecule has 3 heteroatoms. The van der Waals surface area contributed by atoms with Crippen LogP contribution in [0.3, 0.4) is 0 Å². The molecular formula is C13H19NO2. The molecule has 0 bridgehead atoms. The summed E-state index contributed by atoms with van der Waals surface area (Å²) in [6.07, 6.45) is 2.49. The van der Waals surface area contributed by atoms with Crippen molar-refractivity contribution in [2.24, 2.45) is 0 Å². The van der Waals surface area contributed by atoms with Crippen LogP contribution >= 0.6 is 0 Å². The fourth-order valence-electron chi connectivity index (χ4n) is 1.66. The van der Waals surface area contributed by atoms with Crippen molar-refractivity contribution in [2.45, 2.75) is 32.7 Å². The molecule has 0 amide bonds. The number of hydrogen-bond acceptors (Lipinski definition) is 3. The Morgan fingerprint density at radius 3 is 2.88 bits per heavy atom. The van der Waals surface area contributed by atoms with Gasteiger partial charge in [-0.05, 0) is 38.3 Å². The summed E-state index contributed by atoms with van der Waals surface area (Å²) < 4.78 is 4.15. The Kier molecular flexibility index (Phi) is 5.40. The SMILES string of the molecule is CC1CCc2ccccc2N1.CCOC=O. The van der Waals surface area contributed by atoms with Gasteiger partial charge in [-0.2, -0.15) is 0 Å². The highest BCUT2D eigenvalue weighted by molar-refractivity contribution is 5.53. The summed E-state index contributed by atoms with van der Waals surface area (Å²) in [5.41, 5.74) is 2.79. The summed E-state index contributed by atoms with van der Waals surface area (Å²) in [6.45, 7) is 4.90. The molecule has 0 fully saturated rings. The highest BCUT2D eigenvalue weighted by Crippen LogP contribution is 2.23. The molecule has 88 valence electrons. The topological polar surface area (TPSA) is 38.3 Å². The van der Waals surface area contributed by atoms with Gasteiger partial charge in [0.25, 0.3) is 6.47 Å². The molecule has 1 aliphatic heterocycles. The van der Waals surface area contributed by atoms with E-state index in [0.29, 0.717) is 19.1 Å². The molecule has 2 rings (SSSR count). The normalized spacial score (nSPS) is 17.2. The molecule has 0 radical (unpaired) electrons. The van der Waals surface area contributed by atoms with Crippen LogP contribution in [-0.2, 0) is 16.0 Å². The second kappa shape index (κ2) is 6.88. The number of hydrogen-bond donors (Lipinski definition) is 1. The van der Waals surface area contributed by atoms with E-state index in [-0.39, 0.29) is 0 Å². The Morgan fingerprint density at radius 1 is 1.50 bits per heavy atom. The minimum atomic E-state index is 0.431. The molecular weight excluding hydrogens is 202 g/mol. The third-order valence-electron chi connectivity index (χ3n) is 2.50. The molecule has 1 aromatic rings. The van der Waals surface area contributed by atoms with E-state index >= 15 is 0 Å². The van der Waals surface area contributed by atoms with Crippen molar-refractivity contribution in [3.8, 4) is 0 Å². The number of ether oxygens (including phenoxy) is 1. The predicted octanol–water partition coefficient (Wildman–Crippen LogP) is 2.61. The van der Waals surface area contributed by atoms with Crippen molar-refractivity contribution in [3.05, 3.63) is 29.8 Å². The summed E-state index contributed by atoms with van der Waals surface area (Å²) in [4.78, 5) is 9.18. The minimum Gasteiger partial charge on any atom is -0.468 e.